The fourth-order valence-electron chi connectivity index (χ4n) is 1.90. The molecule has 1 unspecified atom stereocenters. The summed E-state index contributed by atoms with van der Waals surface area (Å²) in [6, 6.07) is 0. The molecule has 0 N–H and O–H groups in total. The molecule has 2 saturated carbocycles. The molecule has 0 spiro atoms. The highest BCUT2D eigenvalue weighted by atomic mass is 32.2. The zero-order chi connectivity index (χ0) is 12.3. The quantitative estimate of drug-likeness (QED) is 0.620. The van der Waals surface area contributed by atoms with Crippen LogP contribution in [0.4, 0.5) is 0 Å². The molecule has 0 aromatic heterocycles. The van der Waals surface area contributed by atoms with E-state index in [0.717, 1.165) is 19.4 Å². The summed E-state index contributed by atoms with van der Waals surface area (Å²) in [4.78, 5) is 11.2. The zero-order valence-electron chi connectivity index (χ0n) is 10.3. The standard InChI is InChI=1S/C12H20O4S/c1-15-11(13)6-12(4-5-12)8-17(14)9-16-7-10-2-3-10/h10H,2-9H2,1H3. The highest BCUT2D eigenvalue weighted by Gasteiger charge is 2.45. The minimum absolute atomic E-state index is 0.0547. The summed E-state index contributed by atoms with van der Waals surface area (Å²) in [5.41, 5.74) is -0.0547. The van der Waals surface area contributed by atoms with Crippen molar-refractivity contribution in [1.29, 1.82) is 0 Å². The second kappa shape index (κ2) is 5.48. The molecule has 4 nitrogen and oxygen atoms in total. The fraction of sp³-hybridized carbons (Fsp3) is 0.917. The van der Waals surface area contributed by atoms with Gasteiger partial charge in [0.15, 0.2) is 0 Å². The molecular formula is C12H20O4S. The smallest absolute Gasteiger partial charge is 0.306 e. The number of esters is 1. The molecular weight excluding hydrogens is 240 g/mol. The van der Waals surface area contributed by atoms with E-state index in [2.05, 4.69) is 4.74 Å². The molecule has 2 rings (SSSR count). The fourth-order valence-corrected chi connectivity index (χ4v) is 3.34. The Labute approximate surface area is 105 Å². The minimum atomic E-state index is -0.964. The summed E-state index contributed by atoms with van der Waals surface area (Å²) in [5.74, 6) is 1.40. The topological polar surface area (TPSA) is 52.6 Å². The van der Waals surface area contributed by atoms with E-state index in [1.54, 1.807) is 0 Å². The summed E-state index contributed by atoms with van der Waals surface area (Å²) >= 11 is 0. The van der Waals surface area contributed by atoms with Gasteiger partial charge in [-0.2, -0.15) is 0 Å². The molecule has 0 aliphatic heterocycles. The van der Waals surface area contributed by atoms with E-state index in [1.165, 1.54) is 20.0 Å². The molecule has 0 aromatic carbocycles. The number of rotatable bonds is 8. The van der Waals surface area contributed by atoms with Crippen LogP contribution in [0.5, 0.6) is 0 Å². The van der Waals surface area contributed by atoms with E-state index in [0.29, 0.717) is 24.0 Å². The van der Waals surface area contributed by atoms with Crippen LogP contribution in [0.2, 0.25) is 0 Å². The summed E-state index contributed by atoms with van der Waals surface area (Å²) in [6.45, 7) is 0.746. The average molecular weight is 260 g/mol. The first-order valence-corrected chi connectivity index (χ1v) is 7.62. The Morgan fingerprint density at radius 2 is 2.12 bits per heavy atom. The van der Waals surface area contributed by atoms with Gasteiger partial charge in [-0.1, -0.05) is 0 Å². The molecule has 0 aromatic rings. The summed E-state index contributed by atoms with van der Waals surface area (Å²) in [7, 11) is 0.433. The molecule has 0 saturated heterocycles. The summed E-state index contributed by atoms with van der Waals surface area (Å²) in [6.07, 6.45) is 4.86. The van der Waals surface area contributed by atoms with E-state index in [9.17, 15) is 9.00 Å². The van der Waals surface area contributed by atoms with Crippen LogP contribution >= 0.6 is 0 Å². The van der Waals surface area contributed by atoms with Crippen molar-refractivity contribution >= 4 is 16.8 Å². The molecule has 1 atom stereocenters. The maximum Gasteiger partial charge on any atom is 0.306 e. The highest BCUT2D eigenvalue weighted by Crippen LogP contribution is 2.49. The predicted octanol–water partition coefficient (Wildman–Crippen LogP) is 1.46. The molecule has 5 heteroatoms. The second-order valence-electron chi connectivity index (χ2n) is 5.27. The zero-order valence-corrected chi connectivity index (χ0v) is 11.1. The Hall–Kier alpha value is -0.420. The van der Waals surface area contributed by atoms with Crippen LogP contribution in [0.1, 0.15) is 32.1 Å². The second-order valence-corrected chi connectivity index (χ2v) is 6.67. The van der Waals surface area contributed by atoms with Crippen LogP contribution in [0, 0.1) is 11.3 Å². The molecule has 0 radical (unpaired) electrons. The van der Waals surface area contributed by atoms with Gasteiger partial charge in [0.05, 0.1) is 20.1 Å². The number of hydrogen-bond donors (Lipinski definition) is 0. The Balaban J connectivity index is 1.64. The highest BCUT2D eigenvalue weighted by molar-refractivity contribution is 7.84. The Morgan fingerprint density at radius 1 is 1.41 bits per heavy atom. The van der Waals surface area contributed by atoms with Gasteiger partial charge in [0.2, 0.25) is 0 Å². The number of methoxy groups -OCH3 is 1. The van der Waals surface area contributed by atoms with Gasteiger partial charge in [0.1, 0.15) is 5.94 Å². The van der Waals surface area contributed by atoms with Crippen molar-refractivity contribution < 1.29 is 18.5 Å². The van der Waals surface area contributed by atoms with Crippen molar-refractivity contribution in [2.75, 3.05) is 25.4 Å². The molecule has 98 valence electrons. The lowest BCUT2D eigenvalue weighted by molar-refractivity contribution is -0.141. The molecule has 2 aliphatic carbocycles. The van der Waals surface area contributed by atoms with E-state index < -0.39 is 10.8 Å². The van der Waals surface area contributed by atoms with E-state index in [-0.39, 0.29) is 11.4 Å². The van der Waals surface area contributed by atoms with Gasteiger partial charge in [-0.25, -0.2) is 0 Å². The lowest BCUT2D eigenvalue weighted by Crippen LogP contribution is -2.20. The van der Waals surface area contributed by atoms with Crippen molar-refractivity contribution in [3.63, 3.8) is 0 Å². The number of carbonyl (C=O) groups is 1. The van der Waals surface area contributed by atoms with Crippen molar-refractivity contribution in [2.45, 2.75) is 32.1 Å². The van der Waals surface area contributed by atoms with E-state index >= 15 is 0 Å². The van der Waals surface area contributed by atoms with Crippen LogP contribution in [0.25, 0.3) is 0 Å². The first-order chi connectivity index (χ1) is 8.13. The van der Waals surface area contributed by atoms with Gasteiger partial charge < -0.3 is 9.47 Å². The number of hydrogen-bond acceptors (Lipinski definition) is 4. The molecule has 0 heterocycles. The predicted molar refractivity (Wildman–Crippen MR) is 64.9 cm³/mol. The van der Waals surface area contributed by atoms with Crippen molar-refractivity contribution in [1.82, 2.24) is 0 Å². The van der Waals surface area contributed by atoms with Crippen LogP contribution in [-0.4, -0.2) is 35.6 Å². The number of carbonyl (C=O) groups excluding carboxylic acids is 1. The van der Waals surface area contributed by atoms with Gasteiger partial charge in [-0.05, 0) is 37.0 Å². The van der Waals surface area contributed by atoms with Crippen LogP contribution < -0.4 is 0 Å². The molecule has 17 heavy (non-hydrogen) atoms. The molecule has 0 amide bonds. The largest absolute Gasteiger partial charge is 0.469 e. The summed E-state index contributed by atoms with van der Waals surface area (Å²) in [5, 5.41) is 0. The first-order valence-electron chi connectivity index (χ1n) is 6.13. The molecule has 0 bridgehead atoms. The van der Waals surface area contributed by atoms with E-state index in [1.807, 2.05) is 0 Å². The Morgan fingerprint density at radius 3 is 2.65 bits per heavy atom. The maximum absolute atomic E-state index is 11.8. The average Bonchev–Trinajstić information content (AvgIpc) is 3.16. The molecule has 2 aliphatic rings. The minimum Gasteiger partial charge on any atom is -0.469 e. The van der Waals surface area contributed by atoms with Crippen molar-refractivity contribution in [3.05, 3.63) is 0 Å². The normalized spacial score (nSPS) is 23.1. The third kappa shape index (κ3) is 4.39. The van der Waals surface area contributed by atoms with Gasteiger partial charge in [0, 0.05) is 16.6 Å². The van der Waals surface area contributed by atoms with E-state index in [4.69, 9.17) is 4.74 Å². The SMILES string of the molecule is COC(=O)CC1(CS(=O)COCC2CC2)CC1. The van der Waals surface area contributed by atoms with Gasteiger partial charge >= 0.3 is 5.97 Å². The lowest BCUT2D eigenvalue weighted by atomic mass is 10.1. The monoisotopic (exact) mass is 260 g/mol. The van der Waals surface area contributed by atoms with Crippen LogP contribution in [0.3, 0.4) is 0 Å². The maximum atomic E-state index is 11.8. The number of ether oxygens (including phenoxy) is 2. The summed E-state index contributed by atoms with van der Waals surface area (Å²) < 4.78 is 21.9. The molecule has 2 fully saturated rings. The van der Waals surface area contributed by atoms with Crippen molar-refractivity contribution in [2.24, 2.45) is 11.3 Å². The van der Waals surface area contributed by atoms with Gasteiger partial charge in [-0.3, -0.25) is 9.00 Å². The Bertz CT molecular complexity index is 308. The van der Waals surface area contributed by atoms with Gasteiger partial charge in [-0.15, -0.1) is 0 Å². The first kappa shape index (κ1) is 13.0. The van der Waals surface area contributed by atoms with Crippen molar-refractivity contribution in [3.8, 4) is 0 Å². The van der Waals surface area contributed by atoms with Gasteiger partial charge in [0.25, 0.3) is 0 Å². The third-order valence-corrected chi connectivity index (χ3v) is 4.80. The van der Waals surface area contributed by atoms with Crippen LogP contribution in [0.15, 0.2) is 0 Å². The lowest BCUT2D eigenvalue weighted by Gasteiger charge is -2.13. The third-order valence-electron chi connectivity index (χ3n) is 3.44. The Kier molecular flexibility index (Phi) is 4.20. The van der Waals surface area contributed by atoms with Crippen LogP contribution in [-0.2, 0) is 25.1 Å².